The van der Waals surface area contributed by atoms with Crippen molar-refractivity contribution in [2.75, 3.05) is 10.7 Å². The Kier molecular flexibility index (Phi) is 3.78. The van der Waals surface area contributed by atoms with Gasteiger partial charge in [0.1, 0.15) is 5.75 Å². The van der Waals surface area contributed by atoms with E-state index in [-0.39, 0.29) is 0 Å². The molecular formula is C19H14ClNO3S. The van der Waals surface area contributed by atoms with Crippen LogP contribution in [0.15, 0.2) is 66.7 Å². The lowest BCUT2D eigenvalue weighted by molar-refractivity contribution is -0.115. The maximum absolute atomic E-state index is 12.7. The number of rotatable bonds is 2. The van der Waals surface area contributed by atoms with E-state index in [1.165, 1.54) is 4.90 Å². The maximum atomic E-state index is 12.7. The summed E-state index contributed by atoms with van der Waals surface area (Å²) in [5.41, 5.74) is 1.13. The number of carbonyl (C=O) groups excluding carboxylic acids is 1. The molecule has 4 rings (SSSR count). The molecule has 1 atom stereocenters. The second kappa shape index (κ2) is 5.86. The van der Waals surface area contributed by atoms with E-state index in [1.807, 2.05) is 36.4 Å². The van der Waals surface area contributed by atoms with Crippen LogP contribution in [0, 0.1) is 0 Å². The summed E-state index contributed by atoms with van der Waals surface area (Å²) >= 11 is 5.92. The van der Waals surface area contributed by atoms with E-state index in [1.54, 1.807) is 30.3 Å². The Morgan fingerprint density at radius 3 is 2.36 bits per heavy atom. The van der Waals surface area contributed by atoms with Crippen LogP contribution >= 0.6 is 11.6 Å². The van der Waals surface area contributed by atoms with Gasteiger partial charge in [-0.15, -0.1) is 0 Å². The highest BCUT2D eigenvalue weighted by Crippen LogP contribution is 2.40. The van der Waals surface area contributed by atoms with Crippen LogP contribution < -0.4 is 4.90 Å². The number of halogens is 1. The van der Waals surface area contributed by atoms with Crippen LogP contribution in [0.25, 0.3) is 10.8 Å². The molecule has 6 heteroatoms. The summed E-state index contributed by atoms with van der Waals surface area (Å²) in [6, 6.07) is 19.7. The highest BCUT2D eigenvalue weighted by molar-refractivity contribution is 7.93. The molecule has 0 saturated carbocycles. The first kappa shape index (κ1) is 16.1. The molecule has 1 fully saturated rings. The third-order valence-electron chi connectivity index (χ3n) is 4.35. The first-order chi connectivity index (χ1) is 12.0. The van der Waals surface area contributed by atoms with Crippen molar-refractivity contribution < 1.29 is 13.2 Å². The molecule has 1 aliphatic heterocycles. The van der Waals surface area contributed by atoms with Crippen LogP contribution in [-0.4, -0.2) is 20.1 Å². The van der Waals surface area contributed by atoms with Gasteiger partial charge in [0, 0.05) is 10.4 Å². The zero-order valence-electron chi connectivity index (χ0n) is 13.1. The van der Waals surface area contributed by atoms with Crippen molar-refractivity contribution in [3.8, 4) is 0 Å². The van der Waals surface area contributed by atoms with Crippen molar-refractivity contribution in [1.29, 1.82) is 0 Å². The summed E-state index contributed by atoms with van der Waals surface area (Å²) < 4.78 is 25.4. The van der Waals surface area contributed by atoms with Crippen molar-refractivity contribution in [2.45, 2.75) is 5.37 Å². The van der Waals surface area contributed by atoms with E-state index in [0.717, 1.165) is 10.8 Å². The molecule has 0 N–H and O–H groups in total. The first-order valence-corrected chi connectivity index (χ1v) is 9.83. The third kappa shape index (κ3) is 2.69. The van der Waals surface area contributed by atoms with Gasteiger partial charge in [0.15, 0.2) is 15.2 Å². The zero-order chi connectivity index (χ0) is 17.6. The molecule has 1 amide bonds. The monoisotopic (exact) mass is 371 g/mol. The minimum absolute atomic E-state index is 0.420. The van der Waals surface area contributed by atoms with Crippen LogP contribution in [0.3, 0.4) is 0 Å². The molecule has 0 aromatic heterocycles. The highest BCUT2D eigenvalue weighted by Gasteiger charge is 2.46. The Morgan fingerprint density at radius 2 is 1.60 bits per heavy atom. The fraction of sp³-hybridized carbons (Fsp3) is 0.105. The number of hydrogen-bond donors (Lipinski definition) is 0. The molecule has 1 unspecified atom stereocenters. The van der Waals surface area contributed by atoms with Gasteiger partial charge in [0.05, 0.1) is 5.69 Å². The highest BCUT2D eigenvalue weighted by atomic mass is 35.5. The lowest BCUT2D eigenvalue weighted by Crippen LogP contribution is -2.29. The Labute approximate surface area is 150 Å². The van der Waals surface area contributed by atoms with Crippen LogP contribution in [0.2, 0.25) is 5.02 Å². The minimum Gasteiger partial charge on any atom is -0.289 e. The first-order valence-electron chi connectivity index (χ1n) is 7.74. The van der Waals surface area contributed by atoms with Gasteiger partial charge >= 0.3 is 0 Å². The van der Waals surface area contributed by atoms with Gasteiger partial charge in [0.25, 0.3) is 0 Å². The maximum Gasteiger partial charge on any atom is 0.243 e. The minimum atomic E-state index is -3.63. The number of anilines is 1. The van der Waals surface area contributed by atoms with Crippen molar-refractivity contribution in [3.05, 3.63) is 77.3 Å². The van der Waals surface area contributed by atoms with Gasteiger partial charge in [-0.2, -0.15) is 0 Å². The van der Waals surface area contributed by atoms with Crippen LogP contribution in [0.1, 0.15) is 10.9 Å². The predicted octanol–water partition coefficient (Wildman–Crippen LogP) is 3.95. The number of carbonyl (C=O) groups is 1. The number of nitrogens with zero attached hydrogens (tertiary/aromatic N) is 1. The van der Waals surface area contributed by atoms with Gasteiger partial charge < -0.3 is 0 Å². The molecular weight excluding hydrogens is 358 g/mol. The van der Waals surface area contributed by atoms with E-state index in [0.29, 0.717) is 16.3 Å². The fourth-order valence-corrected chi connectivity index (χ4v) is 5.17. The second-order valence-corrected chi connectivity index (χ2v) is 8.47. The summed E-state index contributed by atoms with van der Waals surface area (Å²) in [4.78, 5) is 14.0. The van der Waals surface area contributed by atoms with Crippen molar-refractivity contribution in [2.24, 2.45) is 0 Å². The molecule has 0 radical (unpaired) electrons. The lowest BCUT2D eigenvalue weighted by atomic mass is 10.1. The van der Waals surface area contributed by atoms with Gasteiger partial charge in [-0.3, -0.25) is 9.69 Å². The van der Waals surface area contributed by atoms with Crippen molar-refractivity contribution >= 4 is 43.8 Å². The molecule has 1 saturated heterocycles. The molecule has 0 spiro atoms. The average Bonchev–Trinajstić information content (AvgIpc) is 2.83. The standard InChI is InChI=1S/C19H14ClNO3S/c20-15-10-8-14(9-11-15)19-21(18(22)12-25(19,23)24)17-7-3-5-13-4-1-2-6-16(13)17/h1-11,19H,12H2. The molecule has 3 aromatic carbocycles. The number of amides is 1. The number of fused-ring (bicyclic) bond motifs is 1. The average molecular weight is 372 g/mol. The summed E-state index contributed by atoms with van der Waals surface area (Å²) in [6.07, 6.45) is 0. The smallest absolute Gasteiger partial charge is 0.243 e. The van der Waals surface area contributed by atoms with E-state index in [2.05, 4.69) is 0 Å². The molecule has 0 bridgehead atoms. The van der Waals surface area contributed by atoms with Crippen LogP contribution in [0.5, 0.6) is 0 Å². The number of benzene rings is 3. The molecule has 4 nitrogen and oxygen atoms in total. The number of hydrogen-bond acceptors (Lipinski definition) is 3. The largest absolute Gasteiger partial charge is 0.289 e. The Bertz CT molecular complexity index is 1070. The molecule has 3 aromatic rings. The second-order valence-electron chi connectivity index (χ2n) is 5.97. The summed E-state index contributed by atoms with van der Waals surface area (Å²) in [5, 5.41) is 1.27. The van der Waals surface area contributed by atoms with E-state index in [4.69, 9.17) is 11.6 Å². The molecule has 25 heavy (non-hydrogen) atoms. The third-order valence-corrected chi connectivity index (χ3v) is 6.41. The normalized spacial score (nSPS) is 19.5. The SMILES string of the molecule is O=C1CS(=O)(=O)C(c2ccc(Cl)cc2)N1c1cccc2ccccc12. The van der Waals surface area contributed by atoms with E-state index in [9.17, 15) is 13.2 Å². The van der Waals surface area contributed by atoms with Crippen molar-refractivity contribution in [1.82, 2.24) is 0 Å². The van der Waals surface area contributed by atoms with Gasteiger partial charge in [-0.25, -0.2) is 8.42 Å². The summed E-state index contributed by atoms with van der Waals surface area (Å²) in [6.45, 7) is 0. The summed E-state index contributed by atoms with van der Waals surface area (Å²) in [5.74, 6) is -0.917. The zero-order valence-corrected chi connectivity index (χ0v) is 14.7. The van der Waals surface area contributed by atoms with Crippen molar-refractivity contribution in [3.63, 3.8) is 0 Å². The topological polar surface area (TPSA) is 54.5 Å². The molecule has 1 heterocycles. The van der Waals surface area contributed by atoms with E-state index >= 15 is 0 Å². The Morgan fingerprint density at radius 1 is 0.920 bits per heavy atom. The number of sulfone groups is 1. The van der Waals surface area contributed by atoms with Gasteiger partial charge in [0.2, 0.25) is 5.91 Å². The molecule has 0 aliphatic carbocycles. The fourth-order valence-electron chi connectivity index (χ4n) is 3.27. The van der Waals surface area contributed by atoms with Crippen LogP contribution in [-0.2, 0) is 14.6 Å². The van der Waals surface area contributed by atoms with Crippen LogP contribution in [0.4, 0.5) is 5.69 Å². The van der Waals surface area contributed by atoms with Gasteiger partial charge in [-0.1, -0.05) is 60.1 Å². The molecule has 126 valence electrons. The Hall–Kier alpha value is -2.37. The predicted molar refractivity (Wildman–Crippen MR) is 99.4 cm³/mol. The lowest BCUT2D eigenvalue weighted by Gasteiger charge is -2.25. The van der Waals surface area contributed by atoms with Gasteiger partial charge in [-0.05, 0) is 29.1 Å². The summed E-state index contributed by atoms with van der Waals surface area (Å²) in [7, 11) is -3.63. The van der Waals surface area contributed by atoms with E-state index < -0.39 is 26.9 Å². The Balaban J connectivity index is 1.94. The quantitative estimate of drug-likeness (QED) is 0.685. The molecule has 1 aliphatic rings.